The van der Waals surface area contributed by atoms with Gasteiger partial charge in [-0.15, -0.1) is 0 Å². The molecule has 3 aromatic carbocycles. The highest BCUT2D eigenvalue weighted by molar-refractivity contribution is 7.92. The number of methoxy groups -OCH3 is 1. The Morgan fingerprint density at radius 2 is 1.86 bits per heavy atom. The molecule has 1 saturated carbocycles. The molecule has 0 bridgehead atoms. The molecule has 1 aliphatic carbocycles. The maximum Gasteiger partial charge on any atom is 0.308 e. The summed E-state index contributed by atoms with van der Waals surface area (Å²) in [5.74, 6) is -3.62. The lowest BCUT2D eigenvalue weighted by molar-refractivity contribution is -0.141. The number of benzene rings is 3. The van der Waals surface area contributed by atoms with Crippen LogP contribution in [0.1, 0.15) is 46.3 Å². The number of fused-ring (bicyclic) bond motifs is 1. The van der Waals surface area contributed by atoms with Crippen molar-refractivity contribution in [3.63, 3.8) is 0 Å². The Hall–Kier alpha value is -4.45. The smallest absolute Gasteiger partial charge is 0.308 e. The fraction of sp³-hybridized carbons (Fsp3) is 0.323. The van der Waals surface area contributed by atoms with E-state index >= 15 is 0 Å². The third-order valence-electron chi connectivity index (χ3n) is 8.42. The largest absolute Gasteiger partial charge is 0.494 e. The number of nitrogens with zero attached hydrogens (tertiary/aromatic N) is 1. The zero-order chi connectivity index (χ0) is 30.5. The van der Waals surface area contributed by atoms with Crippen molar-refractivity contribution in [3.05, 3.63) is 88.7 Å². The molecule has 6 rings (SSSR count). The number of carbonyl (C=O) groups is 3. The summed E-state index contributed by atoms with van der Waals surface area (Å²) in [7, 11) is -2.60. The highest BCUT2D eigenvalue weighted by Crippen LogP contribution is 2.44. The van der Waals surface area contributed by atoms with Crippen molar-refractivity contribution in [2.75, 3.05) is 25.5 Å². The van der Waals surface area contributed by atoms with E-state index < -0.39 is 44.2 Å². The van der Waals surface area contributed by atoms with Gasteiger partial charge in [0.25, 0.3) is 11.8 Å². The summed E-state index contributed by atoms with van der Waals surface area (Å²) in [5.41, 5.74) is -0.219. The van der Waals surface area contributed by atoms with E-state index in [1.807, 2.05) is 0 Å². The number of hydrogen-bond acceptors (Lipinski definition) is 7. The van der Waals surface area contributed by atoms with Gasteiger partial charge in [-0.1, -0.05) is 30.3 Å². The summed E-state index contributed by atoms with van der Waals surface area (Å²) in [6.45, 7) is 0.363. The van der Waals surface area contributed by atoms with E-state index in [0.717, 1.165) is 11.6 Å². The number of ether oxygens (including phenoxy) is 1. The lowest BCUT2D eigenvalue weighted by atomic mass is 9.80. The SMILES string of the molecule is COc1cc([C@@](Nc2ccc3c(c2)C(=O)NC3)(C(=O)N2CCC(C(=O)O)C2)c2ccccc2S(=O)(=O)C2CC2)ccc1F. The lowest BCUT2D eigenvalue weighted by Crippen LogP contribution is -2.53. The zero-order valence-corrected chi connectivity index (χ0v) is 24.1. The third kappa shape index (κ3) is 4.89. The lowest BCUT2D eigenvalue weighted by Gasteiger charge is -2.39. The molecule has 0 spiro atoms. The molecular weight excluding hydrogens is 577 g/mol. The van der Waals surface area contributed by atoms with Crippen molar-refractivity contribution in [2.24, 2.45) is 5.92 Å². The molecule has 3 aromatic rings. The maximum absolute atomic E-state index is 15.0. The predicted octanol–water partition coefficient (Wildman–Crippen LogP) is 3.30. The first kappa shape index (κ1) is 28.7. The second kappa shape index (κ2) is 10.7. The van der Waals surface area contributed by atoms with Gasteiger partial charge in [0.15, 0.2) is 26.9 Å². The first-order chi connectivity index (χ1) is 20.6. The second-order valence-corrected chi connectivity index (χ2v) is 13.3. The molecule has 0 aromatic heterocycles. The number of carboxylic acids is 1. The van der Waals surface area contributed by atoms with Gasteiger partial charge in [0.2, 0.25) is 0 Å². The molecule has 12 heteroatoms. The average Bonchev–Trinajstić information content (AvgIpc) is 3.65. The summed E-state index contributed by atoms with van der Waals surface area (Å²) in [6.07, 6.45) is 1.19. The highest BCUT2D eigenvalue weighted by Gasteiger charge is 2.51. The van der Waals surface area contributed by atoms with Crippen molar-refractivity contribution in [1.29, 1.82) is 0 Å². The molecule has 0 radical (unpaired) electrons. The molecule has 1 unspecified atom stereocenters. The van der Waals surface area contributed by atoms with Crippen LogP contribution in [0.25, 0.3) is 0 Å². The van der Waals surface area contributed by atoms with E-state index in [4.69, 9.17) is 4.74 Å². The summed E-state index contributed by atoms with van der Waals surface area (Å²) < 4.78 is 47.7. The normalized spacial score (nSPS) is 19.3. The van der Waals surface area contributed by atoms with Crippen LogP contribution >= 0.6 is 0 Å². The van der Waals surface area contributed by atoms with Gasteiger partial charge < -0.3 is 25.4 Å². The first-order valence-electron chi connectivity index (χ1n) is 13.9. The molecular formula is C31H30FN3O7S. The van der Waals surface area contributed by atoms with Crippen LogP contribution in [0.2, 0.25) is 0 Å². The van der Waals surface area contributed by atoms with Gasteiger partial charge in [0, 0.05) is 36.4 Å². The van der Waals surface area contributed by atoms with Gasteiger partial charge in [-0.2, -0.15) is 0 Å². The minimum absolute atomic E-state index is 0.0606. The molecule has 3 N–H and O–H groups in total. The summed E-state index contributed by atoms with van der Waals surface area (Å²) in [5, 5.41) is 15.1. The van der Waals surface area contributed by atoms with Crippen molar-refractivity contribution in [3.8, 4) is 5.75 Å². The predicted molar refractivity (Wildman–Crippen MR) is 154 cm³/mol. The maximum atomic E-state index is 15.0. The van der Waals surface area contributed by atoms with Crippen molar-refractivity contribution in [1.82, 2.24) is 10.2 Å². The number of carboxylic acid groups (broad SMARTS) is 1. The Labute approximate surface area is 247 Å². The topological polar surface area (TPSA) is 142 Å². The standard InChI is InChI=1S/C31H30FN3O7S/c1-42-26-14-20(7-11-25(26)32)31(30(39)35-13-12-19(17-35)29(37)38,34-21-8-6-18-16-33-28(36)23(18)15-21)24-4-2-3-5-27(24)43(40,41)22-9-10-22/h2-8,11,14-15,19,22,34H,9-10,12-13,16-17H2,1H3,(H,33,36)(H,37,38)/t19?,31-/m0/s1. The molecule has 2 atom stereocenters. The molecule has 224 valence electrons. The molecule has 2 amide bonds. The van der Waals surface area contributed by atoms with Gasteiger partial charge in [0.1, 0.15) is 0 Å². The Bertz CT molecular complexity index is 1760. The van der Waals surface area contributed by atoms with Gasteiger partial charge >= 0.3 is 5.97 Å². The number of rotatable bonds is 9. The highest BCUT2D eigenvalue weighted by atomic mass is 32.2. The number of aliphatic carboxylic acids is 1. The van der Waals surface area contributed by atoms with E-state index in [1.54, 1.807) is 36.4 Å². The van der Waals surface area contributed by atoms with Crippen LogP contribution in [-0.4, -0.2) is 61.7 Å². The molecule has 10 nitrogen and oxygen atoms in total. The Kier molecular flexibility index (Phi) is 7.11. The number of amides is 2. The van der Waals surface area contributed by atoms with E-state index in [1.165, 1.54) is 30.2 Å². The fourth-order valence-corrected chi connectivity index (χ4v) is 7.86. The third-order valence-corrected chi connectivity index (χ3v) is 10.7. The summed E-state index contributed by atoms with van der Waals surface area (Å²) in [6, 6.07) is 15.1. The minimum Gasteiger partial charge on any atom is -0.494 e. The van der Waals surface area contributed by atoms with Crippen LogP contribution in [0.3, 0.4) is 0 Å². The number of nitrogens with one attached hydrogen (secondary N) is 2. The Balaban J connectivity index is 1.63. The minimum atomic E-state index is -3.88. The molecule has 3 aliphatic rings. The van der Waals surface area contributed by atoms with Gasteiger partial charge in [-0.3, -0.25) is 14.4 Å². The number of hydrogen-bond donors (Lipinski definition) is 3. The molecule has 1 saturated heterocycles. The quantitative estimate of drug-likeness (QED) is 0.337. The fourth-order valence-electron chi connectivity index (χ4n) is 5.95. The van der Waals surface area contributed by atoms with E-state index in [2.05, 4.69) is 10.6 Å². The van der Waals surface area contributed by atoms with Crippen molar-refractivity contribution in [2.45, 2.75) is 41.5 Å². The zero-order valence-electron chi connectivity index (χ0n) is 23.3. The summed E-state index contributed by atoms with van der Waals surface area (Å²) >= 11 is 0. The molecule has 43 heavy (non-hydrogen) atoms. The van der Waals surface area contributed by atoms with Crippen LogP contribution < -0.4 is 15.4 Å². The van der Waals surface area contributed by atoms with Crippen molar-refractivity contribution >= 4 is 33.3 Å². The average molecular weight is 608 g/mol. The first-order valence-corrected chi connectivity index (χ1v) is 15.5. The van der Waals surface area contributed by atoms with E-state index in [-0.39, 0.29) is 47.2 Å². The Morgan fingerprint density at radius 3 is 2.56 bits per heavy atom. The van der Waals surface area contributed by atoms with Gasteiger partial charge in [0.05, 0.1) is 23.2 Å². The molecule has 2 fully saturated rings. The Morgan fingerprint density at radius 1 is 1.09 bits per heavy atom. The van der Waals surface area contributed by atoms with Gasteiger partial charge in [-0.25, -0.2) is 12.8 Å². The molecule has 2 heterocycles. The van der Waals surface area contributed by atoms with Gasteiger partial charge in [-0.05, 0) is 60.7 Å². The van der Waals surface area contributed by atoms with Crippen LogP contribution in [0, 0.1) is 11.7 Å². The number of carbonyl (C=O) groups excluding carboxylic acids is 2. The van der Waals surface area contributed by atoms with Crippen LogP contribution in [-0.2, 0) is 31.5 Å². The van der Waals surface area contributed by atoms with Crippen LogP contribution in [0.5, 0.6) is 5.75 Å². The number of sulfone groups is 1. The van der Waals surface area contributed by atoms with E-state index in [0.29, 0.717) is 30.6 Å². The van der Waals surface area contributed by atoms with Crippen LogP contribution in [0.4, 0.5) is 10.1 Å². The van der Waals surface area contributed by atoms with E-state index in [9.17, 15) is 32.3 Å². The number of halogens is 1. The number of likely N-dealkylation sites (tertiary alicyclic amines) is 1. The summed E-state index contributed by atoms with van der Waals surface area (Å²) in [4.78, 5) is 40.7. The second-order valence-electron chi connectivity index (χ2n) is 11.1. The molecule has 2 aliphatic heterocycles. The van der Waals surface area contributed by atoms with Crippen LogP contribution in [0.15, 0.2) is 65.6 Å². The van der Waals surface area contributed by atoms with Crippen molar-refractivity contribution < 1.29 is 37.0 Å². The monoisotopic (exact) mass is 607 g/mol. The number of anilines is 1.